The fraction of sp³-hybridized carbons (Fsp3) is 0.200. The predicted molar refractivity (Wildman–Crippen MR) is 94.4 cm³/mol. The largest absolute Gasteiger partial charge is 0.480 e. The first kappa shape index (κ1) is 16.3. The van der Waals surface area contributed by atoms with E-state index in [-0.39, 0.29) is 18.3 Å². The summed E-state index contributed by atoms with van der Waals surface area (Å²) in [5.41, 5.74) is 2.99. The van der Waals surface area contributed by atoms with E-state index in [1.165, 1.54) is 12.1 Å². The van der Waals surface area contributed by atoms with Gasteiger partial charge in [-0.3, -0.25) is 9.59 Å². The van der Waals surface area contributed by atoms with E-state index in [0.717, 1.165) is 11.3 Å². The zero-order valence-corrected chi connectivity index (χ0v) is 14.0. The summed E-state index contributed by atoms with van der Waals surface area (Å²) < 4.78 is 15.5. The lowest BCUT2D eigenvalue weighted by Gasteiger charge is -2.28. The minimum absolute atomic E-state index is 0.0770. The monoisotopic (exact) mass is 352 g/mol. The Morgan fingerprint density at radius 1 is 1.12 bits per heavy atom. The van der Waals surface area contributed by atoms with Crippen LogP contribution in [0.15, 0.2) is 48.5 Å². The zero-order valence-electron chi connectivity index (χ0n) is 14.0. The van der Waals surface area contributed by atoms with Crippen molar-refractivity contribution in [3.63, 3.8) is 0 Å². The molecule has 5 nitrogen and oxygen atoms in total. The lowest BCUT2D eigenvalue weighted by molar-refractivity contribution is -0.137. The average molecular weight is 352 g/mol. The maximum absolute atomic E-state index is 13.8. The van der Waals surface area contributed by atoms with E-state index in [0.29, 0.717) is 36.0 Å². The van der Waals surface area contributed by atoms with Crippen LogP contribution in [0.25, 0.3) is 10.9 Å². The maximum atomic E-state index is 13.8. The van der Waals surface area contributed by atoms with E-state index < -0.39 is 5.97 Å². The van der Waals surface area contributed by atoms with Gasteiger partial charge in [0.15, 0.2) is 0 Å². The van der Waals surface area contributed by atoms with Crippen molar-refractivity contribution < 1.29 is 19.1 Å². The summed E-state index contributed by atoms with van der Waals surface area (Å²) in [5.74, 6) is -1.40. The first-order chi connectivity index (χ1) is 12.5. The molecule has 1 amide bonds. The van der Waals surface area contributed by atoms with Gasteiger partial charge in [0.25, 0.3) is 5.91 Å². The van der Waals surface area contributed by atoms with Gasteiger partial charge in [0.05, 0.1) is 0 Å². The number of hydrogen-bond donors (Lipinski definition) is 1. The van der Waals surface area contributed by atoms with Crippen LogP contribution in [-0.2, 0) is 24.3 Å². The number of rotatable bonds is 3. The molecule has 0 bridgehead atoms. The molecule has 0 atom stereocenters. The van der Waals surface area contributed by atoms with Crippen molar-refractivity contribution in [3.8, 4) is 0 Å². The normalized spacial score (nSPS) is 13.7. The van der Waals surface area contributed by atoms with Crippen LogP contribution >= 0.6 is 0 Å². The summed E-state index contributed by atoms with van der Waals surface area (Å²) in [4.78, 5) is 25.7. The topological polar surface area (TPSA) is 62.5 Å². The Labute approximate surface area is 149 Å². The van der Waals surface area contributed by atoms with Gasteiger partial charge in [0.1, 0.15) is 12.4 Å². The van der Waals surface area contributed by atoms with E-state index in [1.807, 2.05) is 18.2 Å². The van der Waals surface area contributed by atoms with Gasteiger partial charge in [-0.2, -0.15) is 0 Å². The molecule has 1 aromatic heterocycles. The van der Waals surface area contributed by atoms with Gasteiger partial charge in [-0.1, -0.05) is 18.2 Å². The summed E-state index contributed by atoms with van der Waals surface area (Å²) >= 11 is 0. The van der Waals surface area contributed by atoms with Crippen molar-refractivity contribution in [1.29, 1.82) is 0 Å². The highest BCUT2D eigenvalue weighted by atomic mass is 19.1. The Morgan fingerprint density at radius 3 is 2.62 bits per heavy atom. The van der Waals surface area contributed by atoms with Gasteiger partial charge in [-0.25, -0.2) is 4.39 Å². The third-order valence-corrected chi connectivity index (χ3v) is 4.82. The summed E-state index contributed by atoms with van der Waals surface area (Å²) in [6.45, 7) is 0.666. The number of amides is 1. The SMILES string of the molecule is O=C(O)Cn1c2c(c3cc(F)ccc31)CN(C(=O)c1ccccc1)CC2. The zero-order chi connectivity index (χ0) is 18.3. The summed E-state index contributed by atoms with van der Waals surface area (Å²) in [5, 5.41) is 9.90. The van der Waals surface area contributed by atoms with Crippen molar-refractivity contribution >= 4 is 22.8 Å². The van der Waals surface area contributed by atoms with Crippen LogP contribution < -0.4 is 0 Å². The molecule has 0 aliphatic carbocycles. The second-order valence-corrected chi connectivity index (χ2v) is 6.41. The molecule has 2 heterocycles. The Bertz CT molecular complexity index is 1010. The number of fused-ring (bicyclic) bond motifs is 3. The van der Waals surface area contributed by atoms with Gasteiger partial charge in [0, 0.05) is 47.2 Å². The number of aromatic nitrogens is 1. The smallest absolute Gasteiger partial charge is 0.323 e. The number of carbonyl (C=O) groups is 2. The first-order valence-electron chi connectivity index (χ1n) is 8.40. The molecule has 0 fully saturated rings. The number of hydrogen-bond acceptors (Lipinski definition) is 2. The minimum Gasteiger partial charge on any atom is -0.480 e. The number of halogens is 1. The number of nitrogens with zero attached hydrogens (tertiary/aromatic N) is 2. The lowest BCUT2D eigenvalue weighted by atomic mass is 10.0. The molecule has 0 radical (unpaired) electrons. The second-order valence-electron chi connectivity index (χ2n) is 6.41. The Hall–Kier alpha value is -3.15. The predicted octanol–water partition coefficient (Wildman–Crippen LogP) is 3.06. The average Bonchev–Trinajstić information content (AvgIpc) is 2.94. The first-order valence-corrected chi connectivity index (χ1v) is 8.40. The minimum atomic E-state index is -0.947. The van der Waals surface area contributed by atoms with Crippen molar-refractivity contribution in [1.82, 2.24) is 9.47 Å². The van der Waals surface area contributed by atoms with Crippen molar-refractivity contribution in [2.75, 3.05) is 6.54 Å². The number of carbonyl (C=O) groups excluding carboxylic acids is 1. The Balaban J connectivity index is 1.77. The van der Waals surface area contributed by atoms with Crippen molar-refractivity contribution in [2.45, 2.75) is 19.5 Å². The highest BCUT2D eigenvalue weighted by molar-refractivity contribution is 5.95. The van der Waals surface area contributed by atoms with E-state index in [2.05, 4.69) is 0 Å². The molecule has 0 saturated heterocycles. The molecule has 6 heteroatoms. The maximum Gasteiger partial charge on any atom is 0.323 e. The van der Waals surface area contributed by atoms with Crippen LogP contribution in [0.1, 0.15) is 21.6 Å². The molecule has 1 aliphatic heterocycles. The molecular weight excluding hydrogens is 335 g/mol. The van der Waals surface area contributed by atoms with Crippen molar-refractivity contribution in [3.05, 3.63) is 71.2 Å². The molecule has 1 aliphatic rings. The van der Waals surface area contributed by atoms with E-state index in [4.69, 9.17) is 0 Å². The van der Waals surface area contributed by atoms with Crippen LogP contribution in [0.2, 0.25) is 0 Å². The van der Waals surface area contributed by atoms with Crippen LogP contribution in [-0.4, -0.2) is 33.0 Å². The highest BCUT2D eigenvalue weighted by Crippen LogP contribution is 2.32. The third-order valence-electron chi connectivity index (χ3n) is 4.82. The van der Waals surface area contributed by atoms with Gasteiger partial charge in [-0.05, 0) is 30.3 Å². The highest BCUT2D eigenvalue weighted by Gasteiger charge is 2.27. The second kappa shape index (κ2) is 6.29. The van der Waals surface area contributed by atoms with Crippen molar-refractivity contribution in [2.24, 2.45) is 0 Å². The molecule has 3 aromatic rings. The van der Waals surface area contributed by atoms with Gasteiger partial charge < -0.3 is 14.6 Å². The quantitative estimate of drug-likeness (QED) is 0.788. The molecule has 0 saturated carbocycles. The van der Waals surface area contributed by atoms with Crippen LogP contribution in [0.4, 0.5) is 4.39 Å². The standard InChI is InChI=1S/C20H17FN2O3/c21-14-6-7-17-15(10-14)16-11-22(20(26)13-4-2-1-3-5-13)9-8-18(16)23(17)12-19(24)25/h1-7,10H,8-9,11-12H2,(H,24,25). The fourth-order valence-electron chi connectivity index (χ4n) is 3.67. The van der Waals surface area contributed by atoms with E-state index >= 15 is 0 Å². The van der Waals surface area contributed by atoms with Gasteiger partial charge in [0.2, 0.25) is 0 Å². The van der Waals surface area contributed by atoms with E-state index in [9.17, 15) is 19.1 Å². The van der Waals surface area contributed by atoms with Crippen LogP contribution in [0.3, 0.4) is 0 Å². The summed E-state index contributed by atoms with van der Waals surface area (Å²) in [7, 11) is 0. The molecule has 26 heavy (non-hydrogen) atoms. The molecule has 132 valence electrons. The lowest BCUT2D eigenvalue weighted by Crippen LogP contribution is -2.36. The number of carboxylic acids is 1. The molecule has 4 rings (SSSR count). The Kier molecular flexibility index (Phi) is 3.95. The fourth-order valence-corrected chi connectivity index (χ4v) is 3.67. The van der Waals surface area contributed by atoms with E-state index in [1.54, 1.807) is 27.7 Å². The molecule has 0 unspecified atom stereocenters. The number of aliphatic carboxylic acids is 1. The van der Waals surface area contributed by atoms with Crippen LogP contribution in [0.5, 0.6) is 0 Å². The Morgan fingerprint density at radius 2 is 1.88 bits per heavy atom. The van der Waals surface area contributed by atoms with Crippen LogP contribution in [0, 0.1) is 5.82 Å². The number of benzene rings is 2. The molecular formula is C20H17FN2O3. The van der Waals surface area contributed by atoms with Gasteiger partial charge >= 0.3 is 5.97 Å². The number of carboxylic acid groups (broad SMARTS) is 1. The summed E-state index contributed by atoms with van der Waals surface area (Å²) in [6.07, 6.45) is 0.539. The molecule has 1 N–H and O–H groups in total. The van der Waals surface area contributed by atoms with Gasteiger partial charge in [-0.15, -0.1) is 0 Å². The summed E-state index contributed by atoms with van der Waals surface area (Å²) in [6, 6.07) is 13.4. The molecule has 2 aromatic carbocycles. The third kappa shape index (κ3) is 2.73. The molecule has 0 spiro atoms.